The number of fused-ring (bicyclic) bond motifs is 1. The number of nitrogens with one attached hydrogen (secondary N) is 1. The average molecular weight is 565 g/mol. The summed E-state index contributed by atoms with van der Waals surface area (Å²) < 4.78 is 5.28. The van der Waals surface area contributed by atoms with Gasteiger partial charge in [0.15, 0.2) is 5.96 Å². The van der Waals surface area contributed by atoms with E-state index in [-0.39, 0.29) is 24.0 Å². The number of guanidine groups is 1. The molecule has 1 fully saturated rings. The van der Waals surface area contributed by atoms with Crippen molar-refractivity contribution >= 4 is 29.9 Å². The number of aliphatic hydroxyl groups excluding tert-OH is 1. The quantitative estimate of drug-likeness (QED) is 0.307. The summed E-state index contributed by atoms with van der Waals surface area (Å²) in [6.45, 7) is 7.81. The van der Waals surface area contributed by atoms with Crippen LogP contribution in [0.1, 0.15) is 36.0 Å². The maximum atomic E-state index is 10.7. The van der Waals surface area contributed by atoms with Crippen molar-refractivity contribution in [1.29, 1.82) is 0 Å². The van der Waals surface area contributed by atoms with Gasteiger partial charge in [-0.05, 0) is 48.6 Å². The molecule has 0 aromatic heterocycles. The number of likely N-dealkylation sites (tertiary alicyclic amines) is 1. The zero-order chi connectivity index (χ0) is 22.3. The van der Waals surface area contributed by atoms with Gasteiger partial charge >= 0.3 is 0 Å². The Morgan fingerprint density at radius 3 is 2.64 bits per heavy atom. The summed E-state index contributed by atoms with van der Waals surface area (Å²) >= 11 is 0. The molecule has 2 aromatic rings. The number of benzene rings is 2. The van der Waals surface area contributed by atoms with Gasteiger partial charge in [0.05, 0.1) is 19.8 Å². The fourth-order valence-corrected chi connectivity index (χ4v) is 4.78. The van der Waals surface area contributed by atoms with Crippen LogP contribution in [0.15, 0.2) is 53.5 Å². The molecule has 2 atom stereocenters. The highest BCUT2D eigenvalue weighted by atomic mass is 127. The van der Waals surface area contributed by atoms with Crippen LogP contribution in [0.2, 0.25) is 0 Å². The van der Waals surface area contributed by atoms with E-state index in [2.05, 4.69) is 58.4 Å². The van der Waals surface area contributed by atoms with E-state index < -0.39 is 6.10 Å². The third-order valence-electron chi connectivity index (χ3n) is 6.54. The average Bonchev–Trinajstić information content (AvgIpc) is 3.32. The molecule has 1 saturated heterocycles. The number of aliphatic imine (C=N–C) groups is 1. The van der Waals surface area contributed by atoms with Gasteiger partial charge in [-0.3, -0.25) is 9.89 Å². The van der Waals surface area contributed by atoms with Gasteiger partial charge in [-0.15, -0.1) is 24.0 Å². The van der Waals surface area contributed by atoms with Gasteiger partial charge in [-0.25, -0.2) is 0 Å². The fraction of sp³-hybridized carbons (Fsp3) is 0.500. The first-order valence-corrected chi connectivity index (χ1v) is 11.8. The summed E-state index contributed by atoms with van der Waals surface area (Å²) in [6.07, 6.45) is 1.69. The van der Waals surface area contributed by atoms with E-state index in [1.807, 2.05) is 12.1 Å². The first-order chi connectivity index (χ1) is 15.7. The van der Waals surface area contributed by atoms with Crippen LogP contribution in [0.4, 0.5) is 0 Å². The Bertz CT molecular complexity index is 905. The molecule has 0 aliphatic carbocycles. The number of rotatable bonds is 7. The molecule has 2 N–H and O–H groups in total. The van der Waals surface area contributed by atoms with Crippen molar-refractivity contribution in [2.24, 2.45) is 4.99 Å². The topological polar surface area (TPSA) is 60.3 Å². The van der Waals surface area contributed by atoms with Gasteiger partial charge in [0.2, 0.25) is 0 Å². The maximum Gasteiger partial charge on any atom is 0.194 e. The number of aliphatic hydroxyl groups is 1. The van der Waals surface area contributed by atoms with E-state index in [4.69, 9.17) is 9.73 Å². The van der Waals surface area contributed by atoms with Gasteiger partial charge in [0, 0.05) is 45.2 Å². The molecule has 33 heavy (non-hydrogen) atoms. The van der Waals surface area contributed by atoms with Crippen LogP contribution in [-0.2, 0) is 13.0 Å². The molecule has 0 spiro atoms. The summed E-state index contributed by atoms with van der Waals surface area (Å²) in [6, 6.07) is 17.0. The van der Waals surface area contributed by atoms with E-state index in [1.54, 1.807) is 7.11 Å². The van der Waals surface area contributed by atoms with E-state index >= 15 is 0 Å². The first kappa shape index (κ1) is 25.8. The fourth-order valence-electron chi connectivity index (χ4n) is 4.78. The Morgan fingerprint density at radius 1 is 1.15 bits per heavy atom. The van der Waals surface area contributed by atoms with Crippen molar-refractivity contribution in [2.45, 2.75) is 38.3 Å². The van der Waals surface area contributed by atoms with Gasteiger partial charge < -0.3 is 20.1 Å². The molecule has 0 bridgehead atoms. The zero-order valence-electron chi connectivity index (χ0n) is 19.7. The highest BCUT2D eigenvalue weighted by molar-refractivity contribution is 14.0. The first-order valence-electron chi connectivity index (χ1n) is 11.8. The van der Waals surface area contributed by atoms with Crippen LogP contribution in [0.25, 0.3) is 0 Å². The summed E-state index contributed by atoms with van der Waals surface area (Å²) in [5, 5.41) is 14.1. The number of β-amino-alcohol motifs (C(OH)–C–C–N with tert-alkyl or cyclic N) is 1. The number of nitrogens with zero attached hydrogens (tertiary/aromatic N) is 3. The number of ether oxygens (including phenoxy) is 1. The van der Waals surface area contributed by atoms with Crippen LogP contribution < -0.4 is 10.1 Å². The summed E-state index contributed by atoms with van der Waals surface area (Å²) in [7, 11) is 1.70. The third kappa shape index (κ3) is 6.83. The molecular formula is C26H37IN4O2. The largest absolute Gasteiger partial charge is 0.497 e. The van der Waals surface area contributed by atoms with Crippen molar-refractivity contribution < 1.29 is 9.84 Å². The number of hydrogen-bond acceptors (Lipinski definition) is 4. The monoisotopic (exact) mass is 564 g/mol. The molecule has 2 heterocycles. The second-order valence-electron chi connectivity index (χ2n) is 8.81. The Kier molecular flexibility index (Phi) is 9.82. The minimum absolute atomic E-state index is 0. The van der Waals surface area contributed by atoms with Crippen molar-refractivity contribution in [2.75, 3.05) is 46.4 Å². The molecule has 180 valence electrons. The number of methoxy groups -OCH3 is 1. The molecule has 2 aliphatic rings. The SMILES string of the molecule is CCNC(=NCC(O)CN1CCc2ccccc2C1)N1CCC(c2ccc(OC)cc2)C1.I. The van der Waals surface area contributed by atoms with Crippen LogP contribution in [0.3, 0.4) is 0 Å². The third-order valence-corrected chi connectivity index (χ3v) is 6.54. The molecule has 7 heteroatoms. The van der Waals surface area contributed by atoms with E-state index in [0.29, 0.717) is 19.0 Å². The normalized spacial score (nSPS) is 19.5. The second kappa shape index (κ2) is 12.6. The lowest BCUT2D eigenvalue weighted by atomic mass is 9.98. The van der Waals surface area contributed by atoms with E-state index in [9.17, 15) is 5.11 Å². The Hall–Kier alpha value is -1.84. The molecule has 2 aliphatic heterocycles. The summed E-state index contributed by atoms with van der Waals surface area (Å²) in [4.78, 5) is 9.46. The van der Waals surface area contributed by atoms with Crippen molar-refractivity contribution in [1.82, 2.24) is 15.1 Å². The molecule has 6 nitrogen and oxygen atoms in total. The summed E-state index contributed by atoms with van der Waals surface area (Å²) in [5.74, 6) is 2.29. The van der Waals surface area contributed by atoms with Crippen LogP contribution in [0, 0.1) is 0 Å². The van der Waals surface area contributed by atoms with Crippen LogP contribution >= 0.6 is 24.0 Å². The highest BCUT2D eigenvalue weighted by Crippen LogP contribution is 2.28. The molecule has 0 radical (unpaired) electrons. The van der Waals surface area contributed by atoms with Gasteiger partial charge in [-0.1, -0.05) is 36.4 Å². The minimum atomic E-state index is -0.464. The second-order valence-corrected chi connectivity index (χ2v) is 8.81. The zero-order valence-corrected chi connectivity index (χ0v) is 22.1. The number of halogens is 1. The van der Waals surface area contributed by atoms with E-state index in [1.165, 1.54) is 16.7 Å². The van der Waals surface area contributed by atoms with Gasteiger partial charge in [0.25, 0.3) is 0 Å². The summed E-state index contributed by atoms with van der Waals surface area (Å²) in [5.41, 5.74) is 4.16. The smallest absolute Gasteiger partial charge is 0.194 e. The minimum Gasteiger partial charge on any atom is -0.497 e. The van der Waals surface area contributed by atoms with Gasteiger partial charge in [0.1, 0.15) is 5.75 Å². The Labute approximate surface area is 215 Å². The Morgan fingerprint density at radius 2 is 1.91 bits per heavy atom. The highest BCUT2D eigenvalue weighted by Gasteiger charge is 2.26. The number of hydrogen-bond donors (Lipinski definition) is 2. The van der Waals surface area contributed by atoms with Crippen LogP contribution in [-0.4, -0.2) is 73.3 Å². The van der Waals surface area contributed by atoms with E-state index in [0.717, 1.165) is 57.3 Å². The molecule has 4 rings (SSSR count). The predicted molar refractivity (Wildman–Crippen MR) is 145 cm³/mol. The lowest BCUT2D eigenvalue weighted by molar-refractivity contribution is 0.111. The lowest BCUT2D eigenvalue weighted by Crippen LogP contribution is -2.41. The van der Waals surface area contributed by atoms with Crippen molar-refractivity contribution in [3.8, 4) is 5.75 Å². The predicted octanol–water partition coefficient (Wildman–Crippen LogP) is 3.49. The van der Waals surface area contributed by atoms with Gasteiger partial charge in [-0.2, -0.15) is 0 Å². The Balaban J connectivity index is 0.00000306. The standard InChI is InChI=1S/C26H36N4O2.HI/c1-3-27-26(30-15-13-23(18-30)21-8-10-25(32-2)11-9-21)28-16-24(31)19-29-14-12-20-6-4-5-7-22(20)17-29;/h4-11,23-24,31H,3,12-19H2,1-2H3,(H,27,28);1H. The van der Waals surface area contributed by atoms with Crippen LogP contribution in [0.5, 0.6) is 5.75 Å². The maximum absolute atomic E-state index is 10.7. The molecule has 0 amide bonds. The lowest BCUT2D eigenvalue weighted by Gasteiger charge is -2.30. The molecule has 0 saturated carbocycles. The van der Waals surface area contributed by atoms with Crippen molar-refractivity contribution in [3.63, 3.8) is 0 Å². The molecule has 2 aromatic carbocycles. The molecule has 2 unspecified atom stereocenters. The van der Waals surface area contributed by atoms with Crippen molar-refractivity contribution in [3.05, 3.63) is 65.2 Å². The molecular weight excluding hydrogens is 527 g/mol.